The lowest BCUT2D eigenvalue weighted by atomic mass is 9.88. The van der Waals surface area contributed by atoms with Gasteiger partial charge in [0.05, 0.1) is 40.1 Å². The zero-order valence-corrected chi connectivity index (χ0v) is 32.4. The number of fused-ring (bicyclic) bond motifs is 9. The number of pyridine rings is 1. The molecule has 0 aliphatic carbocycles. The first kappa shape index (κ1) is 33.3. The standard InChI is InChI=1S/C55H29N5O/c1-57-52-48(32-15-4-2-5-16-32)42(31-56)53(59-43-24-12-10-21-36(43)40-29-41-37-22-11-13-26-46(37)61-47(41)30-45(40)59)49(33-17-6-3-7-18-33)54(52)60-44-25-14-23-38-34-19-8-9-20-35(34)39-27-28-58-55(60)51(39)50(38)44/h2-30H. The fourth-order valence-electron chi connectivity index (χ4n) is 10.2. The molecule has 13 rings (SSSR count). The maximum atomic E-state index is 11.7. The van der Waals surface area contributed by atoms with Crippen LogP contribution in [0.1, 0.15) is 5.56 Å². The van der Waals surface area contributed by atoms with Gasteiger partial charge in [0.25, 0.3) is 0 Å². The molecule has 0 atom stereocenters. The van der Waals surface area contributed by atoms with E-state index in [4.69, 9.17) is 16.0 Å². The Bertz CT molecular complexity index is 3980. The van der Waals surface area contributed by atoms with Crippen molar-refractivity contribution >= 4 is 92.9 Å². The van der Waals surface area contributed by atoms with Crippen molar-refractivity contribution in [3.8, 4) is 39.7 Å². The Morgan fingerprint density at radius 1 is 0.492 bits per heavy atom. The normalized spacial score (nSPS) is 11.9. The first-order valence-electron chi connectivity index (χ1n) is 20.2. The summed E-state index contributed by atoms with van der Waals surface area (Å²) in [5, 5.41) is 22.5. The Hall–Kier alpha value is -8.71. The molecule has 0 spiro atoms. The molecule has 0 radical (unpaired) electrons. The molecule has 0 aliphatic heterocycles. The summed E-state index contributed by atoms with van der Waals surface area (Å²) in [5.41, 5.74) is 10.2. The van der Waals surface area contributed by atoms with E-state index in [0.29, 0.717) is 28.2 Å². The van der Waals surface area contributed by atoms with Gasteiger partial charge in [0.15, 0.2) is 0 Å². The lowest BCUT2D eigenvalue weighted by molar-refractivity contribution is 0.669. The van der Waals surface area contributed by atoms with E-state index >= 15 is 0 Å². The molecule has 280 valence electrons. The summed E-state index contributed by atoms with van der Waals surface area (Å²) in [6, 6.07) is 60.7. The van der Waals surface area contributed by atoms with Crippen LogP contribution < -0.4 is 0 Å². The van der Waals surface area contributed by atoms with Gasteiger partial charge in [-0.1, -0.05) is 133 Å². The third-order valence-corrected chi connectivity index (χ3v) is 12.6. The highest BCUT2D eigenvalue weighted by molar-refractivity contribution is 6.34. The lowest BCUT2D eigenvalue weighted by Gasteiger charge is -2.25. The van der Waals surface area contributed by atoms with Crippen LogP contribution in [0.5, 0.6) is 0 Å². The van der Waals surface area contributed by atoms with Crippen molar-refractivity contribution in [1.82, 2.24) is 14.1 Å². The van der Waals surface area contributed by atoms with Crippen molar-refractivity contribution in [2.45, 2.75) is 0 Å². The Morgan fingerprint density at radius 2 is 1.11 bits per heavy atom. The number of furan rings is 1. The van der Waals surface area contributed by atoms with Crippen molar-refractivity contribution in [2.75, 3.05) is 0 Å². The van der Waals surface area contributed by atoms with Crippen molar-refractivity contribution in [1.29, 1.82) is 5.26 Å². The summed E-state index contributed by atoms with van der Waals surface area (Å²) >= 11 is 0. The van der Waals surface area contributed by atoms with Crippen LogP contribution in [0.4, 0.5) is 5.69 Å². The number of nitriles is 1. The van der Waals surface area contributed by atoms with Crippen LogP contribution >= 0.6 is 0 Å². The molecule has 0 saturated heterocycles. The highest BCUT2D eigenvalue weighted by atomic mass is 16.3. The van der Waals surface area contributed by atoms with Crippen molar-refractivity contribution in [3.63, 3.8) is 0 Å². The predicted octanol–water partition coefficient (Wildman–Crippen LogP) is 14.7. The predicted molar refractivity (Wildman–Crippen MR) is 248 cm³/mol. The minimum atomic E-state index is 0.374. The van der Waals surface area contributed by atoms with E-state index in [0.717, 1.165) is 104 Å². The third kappa shape index (κ3) is 4.40. The first-order chi connectivity index (χ1) is 30.2. The number of benzene rings is 9. The number of nitrogens with zero attached hydrogens (tertiary/aromatic N) is 5. The van der Waals surface area contributed by atoms with Gasteiger partial charge in [-0.25, -0.2) is 9.83 Å². The van der Waals surface area contributed by atoms with Crippen LogP contribution in [0.25, 0.3) is 126 Å². The lowest BCUT2D eigenvalue weighted by Crippen LogP contribution is -2.09. The summed E-state index contributed by atoms with van der Waals surface area (Å²) in [4.78, 5) is 9.63. The number of rotatable bonds is 4. The molecule has 0 unspecified atom stereocenters. The van der Waals surface area contributed by atoms with Crippen molar-refractivity contribution in [2.24, 2.45) is 0 Å². The fraction of sp³-hybridized carbons (Fsp3) is 0. The second-order valence-corrected chi connectivity index (χ2v) is 15.6. The van der Waals surface area contributed by atoms with E-state index < -0.39 is 0 Å². The molecule has 6 heteroatoms. The summed E-state index contributed by atoms with van der Waals surface area (Å²) < 4.78 is 11.0. The van der Waals surface area contributed by atoms with Gasteiger partial charge < -0.3 is 13.6 Å². The molecule has 13 aromatic rings. The summed E-state index contributed by atoms with van der Waals surface area (Å²) in [7, 11) is 0. The van der Waals surface area contributed by atoms with Gasteiger partial charge in [0.1, 0.15) is 22.9 Å². The van der Waals surface area contributed by atoms with E-state index in [1.54, 1.807) is 0 Å². The quantitative estimate of drug-likeness (QED) is 0.132. The molecule has 6 nitrogen and oxygen atoms in total. The maximum absolute atomic E-state index is 11.7. The summed E-state index contributed by atoms with van der Waals surface area (Å²) in [6.45, 7) is 9.14. The topological polar surface area (TPSA) is 64.0 Å². The Kier molecular flexibility index (Phi) is 6.76. The second-order valence-electron chi connectivity index (χ2n) is 15.6. The SMILES string of the molecule is [C-]#[N+]c1c(-c2ccccc2)c(C#N)c(-n2c3ccccc3c3cc4c(cc32)oc2ccccc24)c(-c2ccccc2)c1-n1c2cccc3c4ccccc4c4ccnc1c4c32. The Morgan fingerprint density at radius 3 is 1.85 bits per heavy atom. The van der Waals surface area contributed by atoms with E-state index in [1.165, 1.54) is 0 Å². The average molecular weight is 776 g/mol. The van der Waals surface area contributed by atoms with Crippen molar-refractivity contribution in [3.05, 3.63) is 193 Å². The van der Waals surface area contributed by atoms with E-state index in [-0.39, 0.29) is 0 Å². The molecule has 4 aromatic heterocycles. The monoisotopic (exact) mass is 775 g/mol. The molecule has 61 heavy (non-hydrogen) atoms. The zero-order chi connectivity index (χ0) is 40.3. The molecule has 0 aliphatic rings. The molecule has 9 aromatic carbocycles. The molecular formula is C55H29N5O. The first-order valence-corrected chi connectivity index (χ1v) is 20.2. The maximum Gasteiger partial charge on any atom is 0.220 e. The van der Waals surface area contributed by atoms with Gasteiger partial charge in [0, 0.05) is 55.7 Å². The summed E-state index contributed by atoms with van der Waals surface area (Å²) in [6.07, 6.45) is 1.88. The molecule has 4 heterocycles. The molecule has 0 N–H and O–H groups in total. The van der Waals surface area contributed by atoms with Gasteiger partial charge in [-0.2, -0.15) is 5.26 Å². The minimum Gasteiger partial charge on any atom is -0.456 e. The van der Waals surface area contributed by atoms with E-state index in [9.17, 15) is 5.26 Å². The van der Waals surface area contributed by atoms with Gasteiger partial charge in [-0.3, -0.25) is 0 Å². The third-order valence-electron chi connectivity index (χ3n) is 12.6. The van der Waals surface area contributed by atoms with E-state index in [1.807, 2.05) is 79.0 Å². The van der Waals surface area contributed by atoms with Gasteiger partial charge in [-0.15, -0.1) is 0 Å². The van der Waals surface area contributed by atoms with Crippen LogP contribution in [0.3, 0.4) is 0 Å². The van der Waals surface area contributed by atoms with Gasteiger partial charge in [0.2, 0.25) is 5.69 Å². The highest BCUT2D eigenvalue weighted by Crippen LogP contribution is 2.53. The number of hydrogen-bond acceptors (Lipinski definition) is 3. The van der Waals surface area contributed by atoms with E-state index in [2.05, 4.69) is 117 Å². The number of hydrogen-bond donors (Lipinski definition) is 0. The zero-order valence-electron chi connectivity index (χ0n) is 32.4. The average Bonchev–Trinajstić information content (AvgIpc) is 3.97. The van der Waals surface area contributed by atoms with Crippen LogP contribution in [0.2, 0.25) is 0 Å². The largest absolute Gasteiger partial charge is 0.456 e. The van der Waals surface area contributed by atoms with Crippen LogP contribution in [-0.2, 0) is 0 Å². The Labute approximate surface area is 348 Å². The fourth-order valence-corrected chi connectivity index (χ4v) is 10.2. The molecule has 0 amide bonds. The van der Waals surface area contributed by atoms with Gasteiger partial charge >= 0.3 is 0 Å². The smallest absolute Gasteiger partial charge is 0.220 e. The van der Waals surface area contributed by atoms with Crippen LogP contribution in [-0.4, -0.2) is 14.1 Å². The van der Waals surface area contributed by atoms with Crippen molar-refractivity contribution < 1.29 is 4.42 Å². The minimum absolute atomic E-state index is 0.374. The molecular weight excluding hydrogens is 747 g/mol. The Balaban J connectivity index is 1.31. The second kappa shape index (κ2) is 12.4. The summed E-state index contributed by atoms with van der Waals surface area (Å²) in [5.74, 6) is 0. The van der Waals surface area contributed by atoms with Crippen LogP contribution in [0, 0.1) is 17.9 Å². The van der Waals surface area contributed by atoms with Crippen LogP contribution in [0.15, 0.2) is 180 Å². The number of para-hydroxylation sites is 2. The van der Waals surface area contributed by atoms with Gasteiger partial charge in [-0.05, 0) is 63.0 Å². The highest BCUT2D eigenvalue weighted by Gasteiger charge is 2.32. The number of aromatic nitrogens is 3. The molecule has 0 fully saturated rings. The molecule has 0 bridgehead atoms. The molecule has 0 saturated carbocycles.